The standard InChI is InChI=1S/C17H23N3O5S/c1-17(2,11-21)15(22)16(23)18-9-10-26(24,25)20-14-8-7-12-5-3-4-6-13(12)19-14/h3-8,15,21-22H,9-11H2,1-2H3,(H,18,23)(H,19,20). The van der Waals surface area contributed by atoms with Gasteiger partial charge < -0.3 is 15.5 Å². The number of hydrogen-bond donors (Lipinski definition) is 4. The third kappa shape index (κ3) is 5.13. The van der Waals surface area contributed by atoms with Crippen LogP contribution in [0.4, 0.5) is 5.82 Å². The topological polar surface area (TPSA) is 129 Å². The van der Waals surface area contributed by atoms with Crippen LogP contribution >= 0.6 is 0 Å². The van der Waals surface area contributed by atoms with Crippen molar-refractivity contribution < 1.29 is 23.4 Å². The van der Waals surface area contributed by atoms with Gasteiger partial charge in [-0.05, 0) is 18.2 Å². The normalized spacial score (nSPS) is 13.4. The Morgan fingerprint density at radius 1 is 1.23 bits per heavy atom. The number of carbonyl (C=O) groups excluding carboxylic acids is 1. The van der Waals surface area contributed by atoms with E-state index in [0.717, 1.165) is 5.39 Å². The number of nitrogens with zero attached hydrogens (tertiary/aromatic N) is 1. The highest BCUT2D eigenvalue weighted by Crippen LogP contribution is 2.19. The van der Waals surface area contributed by atoms with Gasteiger partial charge in [0.05, 0.1) is 17.9 Å². The van der Waals surface area contributed by atoms with Crippen molar-refractivity contribution >= 4 is 32.7 Å². The zero-order valence-corrected chi connectivity index (χ0v) is 15.5. The van der Waals surface area contributed by atoms with Gasteiger partial charge >= 0.3 is 0 Å². The van der Waals surface area contributed by atoms with E-state index in [2.05, 4.69) is 15.0 Å². The van der Waals surface area contributed by atoms with Crippen LogP contribution < -0.4 is 10.0 Å². The molecule has 0 radical (unpaired) electrons. The number of anilines is 1. The molecule has 0 fully saturated rings. The van der Waals surface area contributed by atoms with Crippen LogP contribution in [-0.4, -0.2) is 54.5 Å². The van der Waals surface area contributed by atoms with Crippen LogP contribution in [0.25, 0.3) is 10.9 Å². The van der Waals surface area contributed by atoms with Gasteiger partial charge in [-0.2, -0.15) is 0 Å². The molecule has 1 aromatic heterocycles. The molecule has 4 N–H and O–H groups in total. The summed E-state index contributed by atoms with van der Waals surface area (Å²) in [6.45, 7) is 2.50. The van der Waals surface area contributed by atoms with Gasteiger partial charge in [0.2, 0.25) is 15.9 Å². The van der Waals surface area contributed by atoms with Crippen LogP contribution in [-0.2, 0) is 14.8 Å². The van der Waals surface area contributed by atoms with Crippen molar-refractivity contribution in [2.45, 2.75) is 20.0 Å². The van der Waals surface area contributed by atoms with Crippen LogP contribution in [0.3, 0.4) is 0 Å². The highest BCUT2D eigenvalue weighted by atomic mass is 32.2. The van der Waals surface area contributed by atoms with E-state index in [1.54, 1.807) is 18.2 Å². The molecule has 0 aliphatic heterocycles. The van der Waals surface area contributed by atoms with E-state index < -0.39 is 27.4 Å². The number of sulfonamides is 1. The van der Waals surface area contributed by atoms with E-state index >= 15 is 0 Å². The number of pyridine rings is 1. The van der Waals surface area contributed by atoms with E-state index in [4.69, 9.17) is 5.11 Å². The summed E-state index contributed by atoms with van der Waals surface area (Å²) in [5, 5.41) is 22.3. The average molecular weight is 381 g/mol. The molecule has 142 valence electrons. The number of aliphatic hydroxyl groups is 2. The molecule has 0 aliphatic carbocycles. The Morgan fingerprint density at radius 3 is 2.62 bits per heavy atom. The lowest BCUT2D eigenvalue weighted by Crippen LogP contribution is -2.46. The van der Waals surface area contributed by atoms with Gasteiger partial charge in [-0.3, -0.25) is 9.52 Å². The summed E-state index contributed by atoms with van der Waals surface area (Å²) in [5.41, 5.74) is -0.355. The Kier molecular flexibility index (Phi) is 6.17. The molecule has 1 unspecified atom stereocenters. The molecule has 8 nitrogen and oxygen atoms in total. The first kappa shape index (κ1) is 20.1. The van der Waals surface area contributed by atoms with Crippen LogP contribution in [0.1, 0.15) is 13.8 Å². The molecule has 0 bridgehead atoms. The maximum absolute atomic E-state index is 12.1. The summed E-state index contributed by atoms with van der Waals surface area (Å²) in [5.74, 6) is -0.918. The van der Waals surface area contributed by atoms with Crippen molar-refractivity contribution in [3.05, 3.63) is 36.4 Å². The number of hydrogen-bond acceptors (Lipinski definition) is 6. The molecule has 1 amide bonds. The molecule has 0 aliphatic rings. The minimum Gasteiger partial charge on any atom is -0.396 e. The fourth-order valence-corrected chi connectivity index (χ4v) is 3.09. The summed E-state index contributed by atoms with van der Waals surface area (Å²) < 4.78 is 26.6. The first-order valence-corrected chi connectivity index (χ1v) is 9.73. The zero-order chi connectivity index (χ0) is 19.4. The predicted molar refractivity (Wildman–Crippen MR) is 99.0 cm³/mol. The fraction of sp³-hybridized carbons (Fsp3) is 0.412. The van der Waals surface area contributed by atoms with Crippen molar-refractivity contribution in [2.24, 2.45) is 5.41 Å². The number of nitrogens with one attached hydrogen (secondary N) is 2. The fourth-order valence-electron chi connectivity index (χ4n) is 2.18. The predicted octanol–water partition coefficient (Wildman–Crippen LogP) is 0.472. The second-order valence-corrected chi connectivity index (χ2v) is 8.49. The molecule has 0 saturated carbocycles. The van der Waals surface area contributed by atoms with Crippen molar-refractivity contribution in [1.29, 1.82) is 0 Å². The molecule has 9 heteroatoms. The number of para-hydroxylation sites is 1. The SMILES string of the molecule is CC(C)(CO)C(O)C(=O)NCCS(=O)(=O)Nc1ccc2ccccc2n1. The number of rotatable bonds is 8. The Morgan fingerprint density at radius 2 is 1.92 bits per heavy atom. The first-order chi connectivity index (χ1) is 12.1. The van der Waals surface area contributed by atoms with E-state index in [1.807, 2.05) is 18.2 Å². The molecule has 0 saturated heterocycles. The molecular formula is C17H23N3O5S. The van der Waals surface area contributed by atoms with Gasteiger partial charge in [-0.1, -0.05) is 32.0 Å². The lowest BCUT2D eigenvalue weighted by molar-refractivity contribution is -0.136. The first-order valence-electron chi connectivity index (χ1n) is 8.07. The number of benzene rings is 1. The average Bonchev–Trinajstić information content (AvgIpc) is 2.60. The summed E-state index contributed by atoms with van der Waals surface area (Å²) in [7, 11) is -3.72. The van der Waals surface area contributed by atoms with Crippen molar-refractivity contribution in [3.63, 3.8) is 0 Å². The Hall–Kier alpha value is -2.23. The van der Waals surface area contributed by atoms with Gasteiger partial charge in [0.15, 0.2) is 0 Å². The van der Waals surface area contributed by atoms with Gasteiger partial charge in [0, 0.05) is 17.3 Å². The van der Waals surface area contributed by atoms with Crippen molar-refractivity contribution in [3.8, 4) is 0 Å². The second kappa shape index (κ2) is 7.98. The molecule has 2 aromatic rings. The van der Waals surface area contributed by atoms with Crippen LogP contribution in [0.15, 0.2) is 36.4 Å². The third-order valence-corrected chi connectivity index (χ3v) is 5.19. The highest BCUT2D eigenvalue weighted by molar-refractivity contribution is 7.92. The molecule has 1 heterocycles. The molecular weight excluding hydrogens is 358 g/mol. The van der Waals surface area contributed by atoms with E-state index in [9.17, 15) is 18.3 Å². The Bertz CT molecular complexity index is 883. The Balaban J connectivity index is 1.93. The third-order valence-electron chi connectivity index (χ3n) is 3.92. The van der Waals surface area contributed by atoms with E-state index in [0.29, 0.717) is 5.52 Å². The minimum atomic E-state index is -3.72. The molecule has 1 aromatic carbocycles. The Labute approximate surface area is 152 Å². The summed E-state index contributed by atoms with van der Waals surface area (Å²) in [6, 6.07) is 10.6. The number of aromatic nitrogens is 1. The summed E-state index contributed by atoms with van der Waals surface area (Å²) in [4.78, 5) is 16.1. The molecule has 2 rings (SSSR count). The van der Waals surface area contributed by atoms with Gasteiger partial charge in [0.1, 0.15) is 11.9 Å². The molecule has 0 spiro atoms. The summed E-state index contributed by atoms with van der Waals surface area (Å²) in [6.07, 6.45) is -1.44. The lowest BCUT2D eigenvalue weighted by Gasteiger charge is -2.27. The quantitative estimate of drug-likeness (QED) is 0.526. The smallest absolute Gasteiger partial charge is 0.249 e. The van der Waals surface area contributed by atoms with Crippen LogP contribution in [0.2, 0.25) is 0 Å². The number of carbonyl (C=O) groups is 1. The largest absolute Gasteiger partial charge is 0.396 e. The second-order valence-electron chi connectivity index (χ2n) is 6.65. The van der Waals surface area contributed by atoms with Crippen molar-refractivity contribution in [1.82, 2.24) is 10.3 Å². The van der Waals surface area contributed by atoms with E-state index in [-0.39, 0.29) is 24.7 Å². The molecule has 26 heavy (non-hydrogen) atoms. The lowest BCUT2D eigenvalue weighted by atomic mass is 9.87. The number of aliphatic hydroxyl groups excluding tert-OH is 2. The van der Waals surface area contributed by atoms with Gasteiger partial charge in [0.25, 0.3) is 0 Å². The zero-order valence-electron chi connectivity index (χ0n) is 14.6. The van der Waals surface area contributed by atoms with Crippen LogP contribution in [0, 0.1) is 5.41 Å². The van der Waals surface area contributed by atoms with Crippen LogP contribution in [0.5, 0.6) is 0 Å². The number of amides is 1. The minimum absolute atomic E-state index is 0.180. The number of fused-ring (bicyclic) bond motifs is 1. The van der Waals surface area contributed by atoms with E-state index in [1.165, 1.54) is 13.8 Å². The van der Waals surface area contributed by atoms with Crippen molar-refractivity contribution in [2.75, 3.05) is 23.6 Å². The van der Waals surface area contributed by atoms with Gasteiger partial charge in [-0.25, -0.2) is 13.4 Å². The monoisotopic (exact) mass is 381 g/mol. The highest BCUT2D eigenvalue weighted by Gasteiger charge is 2.32. The molecule has 1 atom stereocenters. The summed E-state index contributed by atoms with van der Waals surface area (Å²) >= 11 is 0. The maximum Gasteiger partial charge on any atom is 0.249 e. The van der Waals surface area contributed by atoms with Gasteiger partial charge in [-0.15, -0.1) is 0 Å². The maximum atomic E-state index is 12.1.